The molecule has 0 saturated carbocycles. The number of anilines is 2. The van der Waals surface area contributed by atoms with E-state index in [0.29, 0.717) is 15.8 Å². The number of para-hydroxylation sites is 1. The summed E-state index contributed by atoms with van der Waals surface area (Å²) in [6, 6.07) is 12.1. The van der Waals surface area contributed by atoms with Crippen molar-refractivity contribution in [3.05, 3.63) is 52.5 Å². The van der Waals surface area contributed by atoms with Gasteiger partial charge in [-0.25, -0.2) is 8.42 Å². The summed E-state index contributed by atoms with van der Waals surface area (Å²) in [7, 11) is -3.65. The third-order valence-corrected chi connectivity index (χ3v) is 5.37. The maximum absolute atomic E-state index is 12.5. The van der Waals surface area contributed by atoms with Crippen molar-refractivity contribution < 1.29 is 8.42 Å². The summed E-state index contributed by atoms with van der Waals surface area (Å²) >= 11 is 3.25. The van der Waals surface area contributed by atoms with Gasteiger partial charge in [-0.2, -0.15) is 0 Å². The van der Waals surface area contributed by atoms with E-state index in [2.05, 4.69) is 27.6 Å². The monoisotopic (exact) mass is 368 g/mol. The predicted molar refractivity (Wildman–Crippen MR) is 89.8 cm³/mol. The van der Waals surface area contributed by atoms with Gasteiger partial charge < -0.3 is 5.73 Å². The first-order valence-electron chi connectivity index (χ1n) is 6.60. The molecule has 21 heavy (non-hydrogen) atoms. The molecule has 6 heteroatoms. The van der Waals surface area contributed by atoms with Gasteiger partial charge in [0.1, 0.15) is 4.90 Å². The number of nitrogen functional groups attached to an aromatic ring is 1. The zero-order chi connectivity index (χ0) is 15.5. The predicted octanol–water partition coefficient (Wildman–Crippen LogP) is 3.78. The summed E-state index contributed by atoms with van der Waals surface area (Å²) in [4.78, 5) is 0.169. The summed E-state index contributed by atoms with van der Waals surface area (Å²) < 4.78 is 28.1. The average molecular weight is 369 g/mol. The zero-order valence-electron chi connectivity index (χ0n) is 11.6. The van der Waals surface area contributed by atoms with E-state index in [1.807, 2.05) is 18.2 Å². The fourth-order valence-electron chi connectivity index (χ4n) is 2.04. The van der Waals surface area contributed by atoms with Crippen molar-refractivity contribution >= 4 is 37.3 Å². The van der Waals surface area contributed by atoms with Crippen LogP contribution in [-0.4, -0.2) is 8.42 Å². The van der Waals surface area contributed by atoms with E-state index in [1.165, 1.54) is 6.07 Å². The highest BCUT2D eigenvalue weighted by Crippen LogP contribution is 2.27. The standard InChI is InChI=1S/C15H17BrN2O2S/c1-2-5-11-6-3-4-7-14(11)18-21(19,20)15-9-8-12(17)10-13(15)16/h3-4,6-10,18H,2,5,17H2,1H3. The molecule has 0 radical (unpaired) electrons. The quantitative estimate of drug-likeness (QED) is 0.788. The summed E-state index contributed by atoms with van der Waals surface area (Å²) in [5.41, 5.74) is 7.74. The summed E-state index contributed by atoms with van der Waals surface area (Å²) in [5.74, 6) is 0. The Labute approximate surface area is 133 Å². The van der Waals surface area contributed by atoms with Gasteiger partial charge in [-0.15, -0.1) is 0 Å². The number of halogens is 1. The molecule has 0 aromatic heterocycles. The van der Waals surface area contributed by atoms with E-state index in [0.717, 1.165) is 18.4 Å². The van der Waals surface area contributed by atoms with Crippen molar-refractivity contribution in [1.82, 2.24) is 0 Å². The number of rotatable bonds is 5. The second kappa shape index (κ2) is 6.49. The number of hydrogen-bond donors (Lipinski definition) is 2. The summed E-state index contributed by atoms with van der Waals surface area (Å²) in [6.07, 6.45) is 1.77. The molecule has 0 spiro atoms. The highest BCUT2D eigenvalue weighted by atomic mass is 79.9. The first-order chi connectivity index (χ1) is 9.94. The molecule has 0 aliphatic rings. The van der Waals surface area contributed by atoms with Gasteiger partial charge in [0.2, 0.25) is 0 Å². The average Bonchev–Trinajstić information content (AvgIpc) is 2.40. The van der Waals surface area contributed by atoms with Crippen molar-refractivity contribution in [2.45, 2.75) is 24.7 Å². The van der Waals surface area contributed by atoms with Crippen LogP contribution in [0.2, 0.25) is 0 Å². The van der Waals surface area contributed by atoms with Gasteiger partial charge in [-0.3, -0.25) is 4.72 Å². The van der Waals surface area contributed by atoms with Crippen LogP contribution in [0.4, 0.5) is 11.4 Å². The molecule has 0 aliphatic carbocycles. The third-order valence-electron chi connectivity index (χ3n) is 3.03. The van der Waals surface area contributed by atoms with Crippen LogP contribution in [0.5, 0.6) is 0 Å². The van der Waals surface area contributed by atoms with Gasteiger partial charge in [0, 0.05) is 10.2 Å². The SMILES string of the molecule is CCCc1ccccc1NS(=O)(=O)c1ccc(N)cc1Br. The van der Waals surface area contributed by atoms with Crippen LogP contribution < -0.4 is 10.5 Å². The second-order valence-electron chi connectivity index (χ2n) is 4.70. The van der Waals surface area contributed by atoms with Crippen molar-refractivity contribution in [1.29, 1.82) is 0 Å². The lowest BCUT2D eigenvalue weighted by Gasteiger charge is -2.13. The van der Waals surface area contributed by atoms with Crippen LogP contribution in [0.1, 0.15) is 18.9 Å². The molecule has 0 atom stereocenters. The third kappa shape index (κ3) is 3.77. The van der Waals surface area contributed by atoms with Crippen LogP contribution in [0, 0.1) is 0 Å². The number of hydrogen-bond acceptors (Lipinski definition) is 3. The Hall–Kier alpha value is -1.53. The van der Waals surface area contributed by atoms with Gasteiger partial charge in [0.25, 0.3) is 10.0 Å². The zero-order valence-corrected chi connectivity index (χ0v) is 14.0. The van der Waals surface area contributed by atoms with Crippen molar-refractivity contribution in [3.8, 4) is 0 Å². The highest BCUT2D eigenvalue weighted by Gasteiger charge is 2.18. The lowest BCUT2D eigenvalue weighted by molar-refractivity contribution is 0.600. The fraction of sp³-hybridized carbons (Fsp3) is 0.200. The van der Waals surface area contributed by atoms with Crippen LogP contribution in [0.3, 0.4) is 0 Å². The number of nitrogens with one attached hydrogen (secondary N) is 1. The number of nitrogens with two attached hydrogens (primary N) is 1. The molecule has 0 fully saturated rings. The van der Waals surface area contributed by atoms with Crippen LogP contribution >= 0.6 is 15.9 Å². The molecule has 0 heterocycles. The van der Waals surface area contributed by atoms with Crippen molar-refractivity contribution in [3.63, 3.8) is 0 Å². The maximum Gasteiger partial charge on any atom is 0.263 e. The smallest absolute Gasteiger partial charge is 0.263 e. The second-order valence-corrected chi connectivity index (χ2v) is 7.21. The van der Waals surface area contributed by atoms with E-state index < -0.39 is 10.0 Å². The Bertz CT molecular complexity index is 745. The minimum atomic E-state index is -3.65. The molecule has 112 valence electrons. The van der Waals surface area contributed by atoms with Crippen molar-refractivity contribution in [2.24, 2.45) is 0 Å². The van der Waals surface area contributed by atoms with Crippen LogP contribution in [0.25, 0.3) is 0 Å². The van der Waals surface area contributed by atoms with E-state index in [1.54, 1.807) is 18.2 Å². The van der Waals surface area contributed by atoms with Gasteiger partial charge in [-0.05, 0) is 52.2 Å². The molecule has 0 unspecified atom stereocenters. The lowest BCUT2D eigenvalue weighted by atomic mass is 10.1. The Morgan fingerprint density at radius 3 is 2.57 bits per heavy atom. The van der Waals surface area contributed by atoms with Crippen molar-refractivity contribution in [2.75, 3.05) is 10.5 Å². The molecule has 0 amide bonds. The number of benzene rings is 2. The van der Waals surface area contributed by atoms with E-state index >= 15 is 0 Å². The molecule has 0 bridgehead atoms. The molecule has 2 aromatic rings. The van der Waals surface area contributed by atoms with Gasteiger partial charge in [0.15, 0.2) is 0 Å². The summed E-state index contributed by atoms with van der Waals surface area (Å²) in [6.45, 7) is 2.06. The highest BCUT2D eigenvalue weighted by molar-refractivity contribution is 9.10. The largest absolute Gasteiger partial charge is 0.399 e. The van der Waals surface area contributed by atoms with E-state index in [9.17, 15) is 8.42 Å². The first kappa shape index (κ1) is 15.9. The molecular formula is C15H17BrN2O2S. The van der Waals surface area contributed by atoms with Gasteiger partial charge in [0.05, 0.1) is 5.69 Å². The molecule has 2 rings (SSSR count). The van der Waals surface area contributed by atoms with E-state index in [-0.39, 0.29) is 4.90 Å². The maximum atomic E-state index is 12.5. The Balaban J connectivity index is 2.38. The summed E-state index contributed by atoms with van der Waals surface area (Å²) in [5, 5.41) is 0. The molecule has 2 aromatic carbocycles. The van der Waals surface area contributed by atoms with E-state index in [4.69, 9.17) is 5.73 Å². The first-order valence-corrected chi connectivity index (χ1v) is 8.87. The van der Waals surface area contributed by atoms with Gasteiger partial charge in [-0.1, -0.05) is 31.5 Å². The van der Waals surface area contributed by atoms with Gasteiger partial charge >= 0.3 is 0 Å². The lowest BCUT2D eigenvalue weighted by Crippen LogP contribution is -2.15. The molecular weight excluding hydrogens is 352 g/mol. The Kier molecular flexibility index (Phi) is 4.90. The fourth-order valence-corrected chi connectivity index (χ4v) is 4.24. The normalized spacial score (nSPS) is 11.3. The van der Waals surface area contributed by atoms with Crippen LogP contribution in [0.15, 0.2) is 51.8 Å². The Morgan fingerprint density at radius 2 is 1.90 bits per heavy atom. The minimum Gasteiger partial charge on any atom is -0.399 e. The van der Waals surface area contributed by atoms with Crippen LogP contribution in [-0.2, 0) is 16.4 Å². The molecule has 0 aliphatic heterocycles. The molecule has 3 N–H and O–H groups in total. The Morgan fingerprint density at radius 1 is 1.19 bits per heavy atom. The topological polar surface area (TPSA) is 72.2 Å². The number of aryl methyl sites for hydroxylation is 1. The minimum absolute atomic E-state index is 0.169. The molecule has 0 saturated heterocycles. The number of sulfonamides is 1. The molecule has 4 nitrogen and oxygen atoms in total.